The van der Waals surface area contributed by atoms with Crippen LogP contribution in [0.1, 0.15) is 78.4 Å². The van der Waals surface area contributed by atoms with Crippen LogP contribution in [0.5, 0.6) is 0 Å². The molecule has 4 saturated heterocycles. The lowest BCUT2D eigenvalue weighted by atomic mass is 9.36. The fourth-order valence-corrected chi connectivity index (χ4v) is 10.1. The van der Waals surface area contributed by atoms with Crippen LogP contribution < -0.4 is 0 Å². The molecule has 4 aliphatic heterocycles. The van der Waals surface area contributed by atoms with E-state index in [4.69, 9.17) is 23.4 Å². The molecule has 212 valence electrons. The fourth-order valence-electron chi connectivity index (χ4n) is 10.1. The third kappa shape index (κ3) is 2.80. The summed E-state index contributed by atoms with van der Waals surface area (Å²) >= 11 is 0. The van der Waals surface area contributed by atoms with Gasteiger partial charge in [-0.2, -0.15) is 0 Å². The van der Waals surface area contributed by atoms with Gasteiger partial charge in [0.05, 0.1) is 36.6 Å². The average Bonchev–Trinajstić information content (AvgIpc) is 3.34. The van der Waals surface area contributed by atoms with Crippen molar-refractivity contribution in [1.29, 1.82) is 0 Å². The van der Waals surface area contributed by atoms with Gasteiger partial charge >= 0.3 is 11.9 Å². The Labute approximate surface area is 227 Å². The number of Topliss-reactive ketones (excluding diaryl/α,β-unsaturated/α-hetero) is 1. The Morgan fingerprint density at radius 2 is 1.87 bits per heavy atom. The first-order valence-corrected chi connectivity index (χ1v) is 14.3. The van der Waals surface area contributed by atoms with Gasteiger partial charge in [-0.15, -0.1) is 0 Å². The molecule has 9 nitrogen and oxygen atoms in total. The van der Waals surface area contributed by atoms with Gasteiger partial charge in [-0.3, -0.25) is 9.59 Å². The molecule has 6 fully saturated rings. The molecule has 0 amide bonds. The number of hydrogen-bond donors (Lipinski definition) is 1. The van der Waals surface area contributed by atoms with E-state index in [0.29, 0.717) is 25.2 Å². The van der Waals surface area contributed by atoms with E-state index in [-0.39, 0.29) is 30.7 Å². The average molecular weight is 543 g/mol. The van der Waals surface area contributed by atoms with Crippen LogP contribution in [-0.2, 0) is 33.3 Å². The molecule has 7 rings (SSSR count). The maximum Gasteiger partial charge on any atom is 0.339 e. The zero-order chi connectivity index (χ0) is 27.8. The van der Waals surface area contributed by atoms with E-state index in [9.17, 15) is 19.5 Å². The number of furan rings is 1. The van der Waals surface area contributed by atoms with E-state index in [1.165, 1.54) is 0 Å². The highest BCUT2D eigenvalue weighted by Gasteiger charge is 2.90. The minimum Gasteiger partial charge on any atom is -0.472 e. The van der Waals surface area contributed by atoms with Gasteiger partial charge in [0, 0.05) is 21.8 Å². The summed E-state index contributed by atoms with van der Waals surface area (Å²) < 4.78 is 30.2. The van der Waals surface area contributed by atoms with Crippen molar-refractivity contribution in [2.75, 3.05) is 6.61 Å². The zero-order valence-corrected chi connectivity index (χ0v) is 23.2. The predicted molar refractivity (Wildman–Crippen MR) is 134 cm³/mol. The first-order chi connectivity index (χ1) is 18.4. The summed E-state index contributed by atoms with van der Waals surface area (Å²) in [6.07, 6.45) is 2.52. The summed E-state index contributed by atoms with van der Waals surface area (Å²) in [5, 5.41) is 12.1. The lowest BCUT2D eigenvalue weighted by Crippen LogP contribution is -2.76. The molecule has 1 N–H and O–H groups in total. The molecule has 2 aliphatic carbocycles. The van der Waals surface area contributed by atoms with Crippen molar-refractivity contribution in [3.05, 3.63) is 24.2 Å². The first kappa shape index (κ1) is 25.7. The minimum atomic E-state index is -1.38. The van der Waals surface area contributed by atoms with Gasteiger partial charge in [0.15, 0.2) is 11.9 Å². The lowest BCUT2D eigenvalue weighted by Gasteiger charge is -2.66. The largest absolute Gasteiger partial charge is 0.472 e. The van der Waals surface area contributed by atoms with Crippen LogP contribution >= 0.6 is 0 Å². The molecule has 39 heavy (non-hydrogen) atoms. The molecule has 0 aromatic carbocycles. The first-order valence-electron chi connectivity index (χ1n) is 14.3. The van der Waals surface area contributed by atoms with Gasteiger partial charge in [-0.25, -0.2) is 4.79 Å². The standard InChI is InChI=1S/C30H38O9/c1-15(2)6-10-27(4)21-20(32)22(33)28(5)17(29(21)14-36-19(31)12-18(29)38-27)7-9-26(3)23(16-8-11-35-13-16)37-25(34)24-30(26,28)39-24/h8,11,13,15,17-18,21-24,33H,6-7,9-10,12,14H2,1-5H3. The number of cyclic esters (lactones) is 2. The summed E-state index contributed by atoms with van der Waals surface area (Å²) in [6.45, 7) is 10.2. The van der Waals surface area contributed by atoms with E-state index >= 15 is 0 Å². The van der Waals surface area contributed by atoms with Crippen molar-refractivity contribution in [2.45, 2.75) is 102 Å². The molecule has 2 saturated carbocycles. The van der Waals surface area contributed by atoms with E-state index < -0.39 is 63.8 Å². The van der Waals surface area contributed by atoms with Crippen molar-refractivity contribution >= 4 is 17.7 Å². The summed E-state index contributed by atoms with van der Waals surface area (Å²) in [5.74, 6) is -1.64. The topological polar surface area (TPSA) is 125 Å². The number of esters is 2. The van der Waals surface area contributed by atoms with Crippen molar-refractivity contribution in [2.24, 2.45) is 34.0 Å². The molecule has 9 heteroatoms. The molecular formula is C30H38O9. The normalized spacial score (nSPS) is 51.7. The number of epoxide rings is 1. The Balaban J connectivity index is 1.39. The summed E-state index contributed by atoms with van der Waals surface area (Å²) in [6, 6.07) is 1.78. The molecule has 6 aliphatic rings. The van der Waals surface area contributed by atoms with Crippen LogP contribution in [0.25, 0.3) is 0 Å². The highest BCUT2D eigenvalue weighted by Crippen LogP contribution is 2.80. The summed E-state index contributed by atoms with van der Waals surface area (Å²) in [5.41, 5.74) is -3.90. The summed E-state index contributed by atoms with van der Waals surface area (Å²) in [4.78, 5) is 40.4. The number of ketones is 1. The maximum atomic E-state index is 14.5. The number of aliphatic hydroxyl groups is 1. The monoisotopic (exact) mass is 542 g/mol. The Morgan fingerprint density at radius 1 is 1.10 bits per heavy atom. The second-order valence-corrected chi connectivity index (χ2v) is 14.0. The molecule has 0 radical (unpaired) electrons. The predicted octanol–water partition coefficient (Wildman–Crippen LogP) is 3.52. The second-order valence-electron chi connectivity index (χ2n) is 14.0. The minimum absolute atomic E-state index is 0.0597. The third-order valence-electron chi connectivity index (χ3n) is 11.8. The molecule has 2 spiro atoms. The highest BCUT2D eigenvalue weighted by molar-refractivity contribution is 5.92. The van der Waals surface area contributed by atoms with E-state index in [1.807, 2.05) is 20.8 Å². The number of rotatable bonds is 4. The lowest BCUT2D eigenvalue weighted by molar-refractivity contribution is -0.252. The Kier molecular flexibility index (Phi) is 5.10. The van der Waals surface area contributed by atoms with E-state index in [1.54, 1.807) is 18.6 Å². The van der Waals surface area contributed by atoms with Crippen LogP contribution in [0.3, 0.4) is 0 Å². The van der Waals surface area contributed by atoms with Gasteiger partial charge in [-0.05, 0) is 50.5 Å². The van der Waals surface area contributed by atoms with E-state index in [0.717, 1.165) is 12.0 Å². The Bertz CT molecular complexity index is 1240. The van der Waals surface area contributed by atoms with Crippen LogP contribution in [0, 0.1) is 34.0 Å². The van der Waals surface area contributed by atoms with Crippen LogP contribution in [0.2, 0.25) is 0 Å². The number of carbonyl (C=O) groups excluding carboxylic acids is 3. The Morgan fingerprint density at radius 3 is 2.56 bits per heavy atom. The molecule has 0 bridgehead atoms. The van der Waals surface area contributed by atoms with Crippen molar-refractivity contribution in [3.63, 3.8) is 0 Å². The Hall–Kier alpha value is -2.23. The van der Waals surface area contributed by atoms with Crippen LogP contribution in [-0.4, -0.2) is 58.9 Å². The number of carbonyl (C=O) groups is 3. The molecular weight excluding hydrogens is 504 g/mol. The molecule has 11 atom stereocenters. The van der Waals surface area contributed by atoms with Gasteiger partial charge in [0.1, 0.15) is 24.4 Å². The van der Waals surface area contributed by atoms with Gasteiger partial charge in [0.25, 0.3) is 0 Å². The molecule has 1 aromatic heterocycles. The van der Waals surface area contributed by atoms with E-state index in [2.05, 4.69) is 13.8 Å². The van der Waals surface area contributed by atoms with Crippen molar-refractivity contribution in [1.82, 2.24) is 0 Å². The number of ether oxygens (including phenoxy) is 4. The van der Waals surface area contributed by atoms with Crippen LogP contribution in [0.4, 0.5) is 0 Å². The third-order valence-corrected chi connectivity index (χ3v) is 11.8. The molecule has 1 aromatic rings. The summed E-state index contributed by atoms with van der Waals surface area (Å²) in [7, 11) is 0. The number of hydrogen-bond acceptors (Lipinski definition) is 9. The van der Waals surface area contributed by atoms with Gasteiger partial charge in [-0.1, -0.05) is 27.7 Å². The zero-order valence-electron chi connectivity index (χ0n) is 23.2. The smallest absolute Gasteiger partial charge is 0.339 e. The van der Waals surface area contributed by atoms with Crippen molar-refractivity contribution < 1.29 is 42.9 Å². The fraction of sp³-hybridized carbons (Fsp3) is 0.767. The number of aliphatic hydroxyl groups excluding tert-OH is 1. The quantitative estimate of drug-likeness (QED) is 0.449. The maximum absolute atomic E-state index is 14.5. The van der Waals surface area contributed by atoms with Crippen LogP contribution in [0.15, 0.2) is 23.0 Å². The van der Waals surface area contributed by atoms with Crippen molar-refractivity contribution in [3.8, 4) is 0 Å². The highest BCUT2D eigenvalue weighted by atomic mass is 16.7. The van der Waals surface area contributed by atoms with Gasteiger partial charge < -0.3 is 28.5 Å². The number of fused-ring (bicyclic) bond motifs is 1. The second kappa shape index (κ2) is 7.74. The molecule has 11 unspecified atom stereocenters. The SMILES string of the molecule is CC(C)CCC1(C)OC2CC(=O)OCC23C1C(=O)C(O)C1(C)C3CCC2(C)C(c3ccoc3)OC(=O)C3OC321. The molecule has 5 heterocycles. The van der Waals surface area contributed by atoms with Gasteiger partial charge in [0.2, 0.25) is 0 Å².